The molecule has 0 aromatic heterocycles. The van der Waals surface area contributed by atoms with Gasteiger partial charge in [-0.2, -0.15) is 0 Å². The third-order valence-electron chi connectivity index (χ3n) is 2.24. The summed E-state index contributed by atoms with van der Waals surface area (Å²) in [6.07, 6.45) is 1.59. The number of urea groups is 1. The van der Waals surface area contributed by atoms with Crippen molar-refractivity contribution in [2.24, 2.45) is 0 Å². The second kappa shape index (κ2) is 7.00. The quantitative estimate of drug-likeness (QED) is 0.590. The number of hydrogen-bond acceptors (Lipinski definition) is 3. The molecule has 104 valence electrons. The molecule has 0 heterocycles. The van der Waals surface area contributed by atoms with Gasteiger partial charge in [0.1, 0.15) is 6.04 Å². The molecule has 0 aromatic rings. The summed E-state index contributed by atoms with van der Waals surface area (Å²) in [6, 6.07) is -1.50. The Morgan fingerprint density at radius 1 is 1.50 bits per heavy atom. The molecule has 0 fully saturated rings. The molecule has 1 unspecified atom stereocenters. The average molecular weight is 258 g/mol. The summed E-state index contributed by atoms with van der Waals surface area (Å²) in [5.74, 6) is -1.11. The molecule has 3 N–H and O–H groups in total. The van der Waals surface area contributed by atoms with Crippen LogP contribution < -0.4 is 5.32 Å². The van der Waals surface area contributed by atoms with E-state index in [-0.39, 0.29) is 13.0 Å². The van der Waals surface area contributed by atoms with Gasteiger partial charge in [-0.1, -0.05) is 6.08 Å². The average Bonchev–Trinajstić information content (AvgIpc) is 2.23. The molecule has 6 heteroatoms. The number of aliphatic carboxylic acids is 1. The fourth-order valence-corrected chi connectivity index (χ4v) is 1.42. The normalized spacial score (nSPS) is 12.7. The number of nitrogens with one attached hydrogen (secondary N) is 1. The summed E-state index contributed by atoms with van der Waals surface area (Å²) in [6.45, 7) is 8.89. The number of aliphatic hydroxyl groups is 1. The predicted octanol–water partition coefficient (Wildman–Crippen LogP) is 0.818. The lowest BCUT2D eigenvalue weighted by Gasteiger charge is -2.29. The van der Waals surface area contributed by atoms with Crippen LogP contribution in [0.1, 0.15) is 27.2 Å². The fraction of sp³-hybridized carbons (Fsp3) is 0.667. The lowest BCUT2D eigenvalue weighted by molar-refractivity contribution is -0.139. The Balaban J connectivity index is 4.59. The van der Waals surface area contributed by atoms with Crippen LogP contribution in [0.5, 0.6) is 0 Å². The van der Waals surface area contributed by atoms with Gasteiger partial charge in [0, 0.05) is 6.54 Å². The molecule has 0 saturated heterocycles. The van der Waals surface area contributed by atoms with Gasteiger partial charge in [0.25, 0.3) is 0 Å². The largest absolute Gasteiger partial charge is 0.480 e. The maximum Gasteiger partial charge on any atom is 0.326 e. The van der Waals surface area contributed by atoms with E-state index in [1.54, 1.807) is 20.8 Å². The first-order valence-electron chi connectivity index (χ1n) is 5.82. The minimum absolute atomic E-state index is 0.135. The Kier molecular flexibility index (Phi) is 6.40. The second-order valence-electron chi connectivity index (χ2n) is 4.69. The smallest absolute Gasteiger partial charge is 0.326 e. The van der Waals surface area contributed by atoms with E-state index in [1.165, 1.54) is 11.0 Å². The number of carbonyl (C=O) groups is 2. The highest BCUT2D eigenvalue weighted by atomic mass is 16.4. The van der Waals surface area contributed by atoms with Crippen LogP contribution in [0.4, 0.5) is 4.79 Å². The van der Waals surface area contributed by atoms with Gasteiger partial charge in [0.15, 0.2) is 0 Å². The molecule has 2 amide bonds. The second-order valence-corrected chi connectivity index (χ2v) is 4.69. The minimum atomic E-state index is -1.11. The number of amides is 2. The van der Waals surface area contributed by atoms with E-state index in [1.807, 2.05) is 0 Å². The van der Waals surface area contributed by atoms with Crippen LogP contribution in [0.15, 0.2) is 12.7 Å². The van der Waals surface area contributed by atoms with E-state index in [0.717, 1.165) is 0 Å². The monoisotopic (exact) mass is 258 g/mol. The van der Waals surface area contributed by atoms with Crippen molar-refractivity contribution in [3.05, 3.63) is 12.7 Å². The number of carbonyl (C=O) groups excluding carboxylic acids is 1. The Morgan fingerprint density at radius 3 is 2.39 bits per heavy atom. The third-order valence-corrected chi connectivity index (χ3v) is 2.24. The van der Waals surface area contributed by atoms with Crippen LogP contribution in [-0.2, 0) is 4.79 Å². The number of carboxylic acid groups (broad SMARTS) is 1. The number of carboxylic acids is 1. The number of rotatable bonds is 7. The van der Waals surface area contributed by atoms with E-state index < -0.39 is 23.6 Å². The first-order valence-corrected chi connectivity index (χ1v) is 5.82. The van der Waals surface area contributed by atoms with Crippen LogP contribution >= 0.6 is 0 Å². The van der Waals surface area contributed by atoms with E-state index in [2.05, 4.69) is 11.9 Å². The highest BCUT2D eigenvalue weighted by Gasteiger charge is 2.25. The lowest BCUT2D eigenvalue weighted by Crippen LogP contribution is -2.51. The molecule has 0 saturated carbocycles. The Bertz CT molecular complexity index is 310. The van der Waals surface area contributed by atoms with Gasteiger partial charge in [-0.05, 0) is 27.2 Å². The molecule has 0 aliphatic heterocycles. The first kappa shape index (κ1) is 16.4. The topological polar surface area (TPSA) is 89.9 Å². The van der Waals surface area contributed by atoms with Crippen molar-refractivity contribution in [2.45, 2.75) is 38.8 Å². The number of likely N-dealkylation sites (N-methyl/N-ethyl adjacent to an activating group) is 1. The maximum absolute atomic E-state index is 11.8. The molecule has 0 bridgehead atoms. The zero-order valence-corrected chi connectivity index (χ0v) is 11.1. The van der Waals surface area contributed by atoms with Crippen molar-refractivity contribution < 1.29 is 19.8 Å². The van der Waals surface area contributed by atoms with E-state index in [4.69, 9.17) is 5.11 Å². The molecule has 18 heavy (non-hydrogen) atoms. The van der Waals surface area contributed by atoms with Crippen molar-refractivity contribution in [1.82, 2.24) is 10.2 Å². The third kappa shape index (κ3) is 6.24. The molecular formula is C12H22N2O4. The van der Waals surface area contributed by atoms with Crippen molar-refractivity contribution in [3.63, 3.8) is 0 Å². The minimum Gasteiger partial charge on any atom is -0.480 e. The highest BCUT2D eigenvalue weighted by Crippen LogP contribution is 2.05. The SMILES string of the molecule is C=CCC(NC(=O)N(CC)CC(C)(C)O)C(=O)O. The molecule has 0 aromatic carbocycles. The van der Waals surface area contributed by atoms with Gasteiger partial charge >= 0.3 is 12.0 Å². The predicted molar refractivity (Wildman–Crippen MR) is 68.3 cm³/mol. The Hall–Kier alpha value is -1.56. The molecule has 0 rings (SSSR count). The van der Waals surface area contributed by atoms with Gasteiger partial charge in [-0.15, -0.1) is 6.58 Å². The Labute approximate surface area is 107 Å². The van der Waals surface area contributed by atoms with Crippen molar-refractivity contribution in [1.29, 1.82) is 0 Å². The van der Waals surface area contributed by atoms with E-state index in [0.29, 0.717) is 6.54 Å². The van der Waals surface area contributed by atoms with Gasteiger partial charge in [-0.3, -0.25) is 0 Å². The molecule has 0 aliphatic carbocycles. The molecular weight excluding hydrogens is 236 g/mol. The standard InChI is InChI=1S/C12H22N2O4/c1-5-7-9(10(15)16)13-11(17)14(6-2)8-12(3,4)18/h5,9,18H,1,6-8H2,2-4H3,(H,13,17)(H,15,16). The van der Waals surface area contributed by atoms with Crippen LogP contribution in [0, 0.1) is 0 Å². The van der Waals surface area contributed by atoms with Gasteiger partial charge in [0.2, 0.25) is 0 Å². The number of hydrogen-bond donors (Lipinski definition) is 3. The summed E-state index contributed by atoms with van der Waals surface area (Å²) in [5, 5.41) is 21.0. The van der Waals surface area contributed by atoms with Crippen LogP contribution in [0.25, 0.3) is 0 Å². The summed E-state index contributed by atoms with van der Waals surface area (Å²) in [4.78, 5) is 24.1. The van der Waals surface area contributed by atoms with E-state index >= 15 is 0 Å². The van der Waals surface area contributed by atoms with Gasteiger partial charge in [-0.25, -0.2) is 9.59 Å². The highest BCUT2D eigenvalue weighted by molar-refractivity contribution is 5.82. The fourth-order valence-electron chi connectivity index (χ4n) is 1.42. The molecule has 6 nitrogen and oxygen atoms in total. The van der Waals surface area contributed by atoms with E-state index in [9.17, 15) is 14.7 Å². The van der Waals surface area contributed by atoms with Crippen molar-refractivity contribution in [2.75, 3.05) is 13.1 Å². The molecule has 0 radical (unpaired) electrons. The summed E-state index contributed by atoms with van der Waals surface area (Å²) in [7, 11) is 0. The first-order chi connectivity index (χ1) is 8.21. The molecule has 0 spiro atoms. The van der Waals surface area contributed by atoms with Crippen molar-refractivity contribution >= 4 is 12.0 Å². The van der Waals surface area contributed by atoms with Crippen molar-refractivity contribution in [3.8, 4) is 0 Å². The summed E-state index contributed by atoms with van der Waals surface area (Å²) >= 11 is 0. The summed E-state index contributed by atoms with van der Waals surface area (Å²) in [5.41, 5.74) is -1.02. The zero-order valence-electron chi connectivity index (χ0n) is 11.1. The molecule has 0 aliphatic rings. The van der Waals surface area contributed by atoms with Crippen LogP contribution in [0.3, 0.4) is 0 Å². The lowest BCUT2D eigenvalue weighted by atomic mass is 10.1. The van der Waals surface area contributed by atoms with Crippen LogP contribution in [-0.4, -0.2) is 51.8 Å². The zero-order chi connectivity index (χ0) is 14.3. The van der Waals surface area contributed by atoms with Crippen LogP contribution in [0.2, 0.25) is 0 Å². The summed E-state index contributed by atoms with van der Waals surface area (Å²) < 4.78 is 0. The molecule has 1 atom stereocenters. The number of nitrogens with zero attached hydrogens (tertiary/aromatic N) is 1. The van der Waals surface area contributed by atoms with Gasteiger partial charge < -0.3 is 20.4 Å². The maximum atomic E-state index is 11.8. The van der Waals surface area contributed by atoms with Gasteiger partial charge in [0.05, 0.1) is 12.1 Å². The Morgan fingerprint density at radius 2 is 2.06 bits per heavy atom.